The van der Waals surface area contributed by atoms with Crippen molar-refractivity contribution in [3.63, 3.8) is 0 Å². The summed E-state index contributed by atoms with van der Waals surface area (Å²) in [4.78, 5) is 31.5. The van der Waals surface area contributed by atoms with Crippen molar-refractivity contribution in [1.82, 2.24) is 29.5 Å². The molecule has 0 bridgehead atoms. The Kier molecular flexibility index (Phi) is 13.9. The molecule has 4 rings (SSSR count). The van der Waals surface area contributed by atoms with Gasteiger partial charge in [0.15, 0.2) is 11.6 Å². The summed E-state index contributed by atoms with van der Waals surface area (Å²) in [7, 11) is 0. The van der Waals surface area contributed by atoms with Gasteiger partial charge in [-0.05, 0) is 63.4 Å². The van der Waals surface area contributed by atoms with Crippen molar-refractivity contribution in [2.24, 2.45) is 20.5 Å². The van der Waals surface area contributed by atoms with Crippen molar-refractivity contribution in [1.29, 1.82) is 0 Å². The molecule has 0 atom stereocenters. The molecule has 0 aliphatic carbocycles. The quantitative estimate of drug-likeness (QED) is 0.115. The van der Waals surface area contributed by atoms with E-state index in [2.05, 4.69) is 50.5 Å². The van der Waals surface area contributed by atoms with Gasteiger partial charge < -0.3 is 19.3 Å². The van der Waals surface area contributed by atoms with E-state index in [4.69, 9.17) is 13.1 Å². The molecule has 0 spiro atoms. The summed E-state index contributed by atoms with van der Waals surface area (Å²) in [6.45, 7) is 25.5. The molecule has 16 nitrogen and oxygen atoms in total. The molecule has 4 aromatic rings. The maximum Gasteiger partial charge on any atom is 2.00 e. The molecule has 0 amide bonds. The average Bonchev–Trinajstić information content (AvgIpc) is 3.64. The second-order valence-corrected chi connectivity index (χ2v) is 10.3. The third-order valence-corrected chi connectivity index (χ3v) is 6.80. The second-order valence-electron chi connectivity index (χ2n) is 10.3. The first kappa shape index (κ1) is 37.8. The summed E-state index contributed by atoms with van der Waals surface area (Å²) in [5.41, 5.74) is 0.909. The minimum atomic E-state index is -0.564. The van der Waals surface area contributed by atoms with Crippen molar-refractivity contribution in [2.45, 2.75) is 80.3 Å². The summed E-state index contributed by atoms with van der Waals surface area (Å²) in [6, 6.07) is 3.35. The van der Waals surface area contributed by atoms with Gasteiger partial charge in [0.1, 0.15) is 11.4 Å². The zero-order chi connectivity index (χ0) is 34.0. The monoisotopic (exact) mass is 684 g/mol. The van der Waals surface area contributed by atoms with Crippen LogP contribution in [-0.4, -0.2) is 29.5 Å². The first-order valence-corrected chi connectivity index (χ1v) is 14.5. The summed E-state index contributed by atoms with van der Waals surface area (Å²) in [5, 5.41) is 53.4. The van der Waals surface area contributed by atoms with Gasteiger partial charge in [-0.15, -0.1) is 20.5 Å². The molecule has 47 heavy (non-hydrogen) atoms. The Morgan fingerprint density at radius 3 is 1.36 bits per heavy atom. The van der Waals surface area contributed by atoms with Gasteiger partial charge in [0, 0.05) is 36.6 Å². The third kappa shape index (κ3) is 8.86. The van der Waals surface area contributed by atoms with Crippen LogP contribution in [0.2, 0.25) is 0 Å². The first-order chi connectivity index (χ1) is 22.0. The Bertz CT molecular complexity index is 1830. The van der Waals surface area contributed by atoms with E-state index < -0.39 is 22.9 Å². The Labute approximate surface area is 280 Å². The van der Waals surface area contributed by atoms with E-state index in [1.165, 1.54) is 13.8 Å². The maximum absolute atomic E-state index is 12.5. The zero-order valence-electron chi connectivity index (χ0n) is 26.8. The predicted octanol–water partition coefficient (Wildman–Crippen LogP) is 6.05. The van der Waals surface area contributed by atoms with E-state index in [1.807, 2.05) is 27.7 Å². The van der Waals surface area contributed by atoms with Gasteiger partial charge in [0.25, 0.3) is 11.1 Å². The SMILES string of the molecule is [C-]#[N+]c1c(C)c(N=Nc2cc(C)[nH]n2)c(=O)n(CCCC)c1[O-].[C-]#[N+]c1c(C)c(N=Nc2cc(C)[nH]n2)c(=O)n(CCCC)c1[O-].[Ni+2]. The molecule has 4 aromatic heterocycles. The first-order valence-electron chi connectivity index (χ1n) is 14.5. The van der Waals surface area contributed by atoms with E-state index in [1.54, 1.807) is 12.1 Å². The molecule has 0 unspecified atom stereocenters. The molecule has 0 aromatic carbocycles. The molecule has 0 aliphatic heterocycles. The fourth-order valence-electron chi connectivity index (χ4n) is 4.21. The number of rotatable bonds is 10. The van der Waals surface area contributed by atoms with Crippen LogP contribution in [0.5, 0.6) is 11.8 Å². The number of azo groups is 2. The van der Waals surface area contributed by atoms with Crippen LogP contribution < -0.4 is 21.3 Å². The Balaban J connectivity index is 0.000000320. The fourth-order valence-corrected chi connectivity index (χ4v) is 4.21. The number of pyridine rings is 2. The molecule has 0 fully saturated rings. The third-order valence-electron chi connectivity index (χ3n) is 6.80. The summed E-state index contributed by atoms with van der Waals surface area (Å²) >= 11 is 0. The number of H-pyrrole nitrogens is 2. The van der Waals surface area contributed by atoms with Gasteiger partial charge in [-0.2, -0.15) is 10.2 Å². The van der Waals surface area contributed by atoms with Crippen LogP contribution in [0.1, 0.15) is 62.0 Å². The average molecular weight is 685 g/mol. The number of aryl methyl sites for hydroxylation is 2. The van der Waals surface area contributed by atoms with Crippen LogP contribution in [0.4, 0.5) is 34.4 Å². The zero-order valence-corrected chi connectivity index (χ0v) is 27.8. The number of aromatic nitrogens is 6. The van der Waals surface area contributed by atoms with E-state index in [-0.39, 0.29) is 63.5 Å². The molecule has 0 radical (unpaired) electrons. The molecule has 4 heterocycles. The predicted molar refractivity (Wildman–Crippen MR) is 167 cm³/mol. The Hall–Kier alpha value is -5.41. The van der Waals surface area contributed by atoms with Crippen molar-refractivity contribution >= 4 is 34.4 Å². The van der Waals surface area contributed by atoms with Crippen molar-refractivity contribution < 1.29 is 26.7 Å². The van der Waals surface area contributed by atoms with Crippen LogP contribution >= 0.6 is 0 Å². The second kappa shape index (κ2) is 17.3. The Morgan fingerprint density at radius 1 is 0.723 bits per heavy atom. The van der Waals surface area contributed by atoms with Crippen LogP contribution in [0.3, 0.4) is 0 Å². The van der Waals surface area contributed by atoms with Crippen LogP contribution in [0, 0.1) is 40.8 Å². The number of hydrogen-bond donors (Lipinski definition) is 2. The molecule has 248 valence electrons. The normalized spacial score (nSPS) is 10.8. The van der Waals surface area contributed by atoms with E-state index in [0.717, 1.165) is 33.4 Å². The van der Waals surface area contributed by atoms with E-state index in [9.17, 15) is 19.8 Å². The summed E-state index contributed by atoms with van der Waals surface area (Å²) in [6.07, 6.45) is 3.00. The topological polar surface area (TPSA) is 206 Å². The fraction of sp³-hybridized carbons (Fsp3) is 0.400. The van der Waals surface area contributed by atoms with Crippen LogP contribution in [0.25, 0.3) is 9.69 Å². The number of unbranched alkanes of at least 4 members (excludes halogenated alkanes) is 2. The van der Waals surface area contributed by atoms with Crippen molar-refractivity contribution in [3.8, 4) is 11.8 Å². The minimum Gasteiger partial charge on any atom is -0.869 e. The largest absolute Gasteiger partial charge is 2.00 e. The molecule has 0 saturated heterocycles. The van der Waals surface area contributed by atoms with Gasteiger partial charge in [0.2, 0.25) is 11.4 Å². The minimum absolute atomic E-state index is 0. The number of nitrogens with zero attached hydrogens (tertiary/aromatic N) is 10. The van der Waals surface area contributed by atoms with Gasteiger partial charge in [-0.1, -0.05) is 26.7 Å². The number of aromatic amines is 2. The van der Waals surface area contributed by atoms with Crippen LogP contribution in [-0.2, 0) is 29.6 Å². The van der Waals surface area contributed by atoms with Crippen LogP contribution in [0.15, 0.2) is 42.2 Å². The van der Waals surface area contributed by atoms with Gasteiger partial charge in [-0.25, -0.2) is 9.69 Å². The number of nitrogens with one attached hydrogen (secondary N) is 2. The molecular formula is C30H34N12NiO4. The molecular weight excluding hydrogens is 651 g/mol. The van der Waals surface area contributed by atoms with Crippen molar-refractivity contribution in [2.75, 3.05) is 0 Å². The van der Waals surface area contributed by atoms with Crippen molar-refractivity contribution in [3.05, 3.63) is 78.2 Å². The maximum atomic E-state index is 12.5. The molecule has 2 N–H and O–H groups in total. The van der Waals surface area contributed by atoms with Gasteiger partial charge >= 0.3 is 16.5 Å². The smallest absolute Gasteiger partial charge is 0.869 e. The molecule has 0 aliphatic rings. The molecule has 0 saturated carbocycles. The van der Waals surface area contributed by atoms with Gasteiger partial charge in [-0.3, -0.25) is 19.8 Å². The van der Waals surface area contributed by atoms with E-state index >= 15 is 0 Å². The number of hydrogen-bond acceptors (Lipinski definition) is 10. The summed E-state index contributed by atoms with van der Waals surface area (Å²) < 4.78 is 2.13. The molecule has 17 heteroatoms. The van der Waals surface area contributed by atoms with E-state index in [0.29, 0.717) is 24.5 Å². The van der Waals surface area contributed by atoms with Gasteiger partial charge in [0.05, 0.1) is 13.1 Å². The Morgan fingerprint density at radius 2 is 1.09 bits per heavy atom. The standard InChI is InChI=1S/2C15H18N6O2.Ni/c2*1-5-6-7-21-14(22)12(16-4)10(3)13(15(21)23)20-19-11-8-9(2)17-18-11;/h2*8,22H,5-7H2,1-3H3,(H,17,18);/q;;+2/p-2. The summed E-state index contributed by atoms with van der Waals surface area (Å²) in [5.74, 6) is -0.468.